The van der Waals surface area contributed by atoms with Crippen molar-refractivity contribution in [1.82, 2.24) is 9.80 Å². The molecule has 4 bridgehead atoms. The van der Waals surface area contributed by atoms with Crippen LogP contribution in [0, 0.1) is 18.3 Å². The first kappa shape index (κ1) is 29.5. The number of ketones is 3. The summed E-state index contributed by atoms with van der Waals surface area (Å²) in [4.78, 5) is 69.9. The van der Waals surface area contributed by atoms with E-state index in [1.165, 1.54) is 14.0 Å². The van der Waals surface area contributed by atoms with Crippen molar-refractivity contribution >= 4 is 41.1 Å². The van der Waals surface area contributed by atoms with Crippen LogP contribution >= 0.6 is 11.8 Å². The number of cyclic esters (lactones) is 1. The number of likely N-dealkylation sites (N-methyl/N-ethyl adjacent to an activating group) is 1. The highest BCUT2D eigenvalue weighted by atomic mass is 32.2. The summed E-state index contributed by atoms with van der Waals surface area (Å²) in [6, 6.07) is -1.24. The van der Waals surface area contributed by atoms with E-state index in [1.54, 1.807) is 13.8 Å². The third kappa shape index (κ3) is 3.96. The molecule has 5 aliphatic heterocycles. The summed E-state index contributed by atoms with van der Waals surface area (Å²) in [5, 5.41) is 10.0. The second kappa shape index (κ2) is 10.4. The van der Waals surface area contributed by atoms with E-state index in [4.69, 9.17) is 23.7 Å². The SMILES string of the molecule is COC1=C(C)C(=O)C2=C(C1=O)[C@@H]1C3[C@@H]4SCC(=O)C(=O)OC[C@H](c5c6c(c(C)c(OC(C)=O)c54)OCO6)N3[C@@H](C#N)[C@@H](C2)N1C. The molecule has 2 fully saturated rings. The van der Waals surface area contributed by atoms with Crippen LogP contribution in [0.4, 0.5) is 0 Å². The quantitative estimate of drug-likeness (QED) is 0.199. The van der Waals surface area contributed by atoms with Gasteiger partial charge in [-0.25, -0.2) is 4.79 Å². The predicted molar refractivity (Wildman–Crippen MR) is 154 cm³/mol. The van der Waals surface area contributed by atoms with Gasteiger partial charge in [-0.15, -0.1) is 11.8 Å². The summed E-state index contributed by atoms with van der Waals surface area (Å²) >= 11 is 1.12. The summed E-state index contributed by atoms with van der Waals surface area (Å²) in [6.45, 7) is 4.13. The zero-order valence-electron chi connectivity index (χ0n) is 25.1. The second-order valence-electron chi connectivity index (χ2n) is 11.8. The molecule has 2 saturated heterocycles. The fourth-order valence-electron chi connectivity index (χ4n) is 7.90. The third-order valence-electron chi connectivity index (χ3n) is 9.69. The van der Waals surface area contributed by atoms with Crippen molar-refractivity contribution in [2.75, 3.05) is 33.3 Å². The summed E-state index contributed by atoms with van der Waals surface area (Å²) < 4.78 is 28.7. The van der Waals surface area contributed by atoms with Crippen molar-refractivity contribution in [3.8, 4) is 23.3 Å². The highest BCUT2D eigenvalue weighted by Gasteiger charge is 2.62. The maximum atomic E-state index is 14.1. The van der Waals surface area contributed by atoms with E-state index in [1.807, 2.05) is 16.8 Å². The molecule has 7 rings (SSSR count). The number of piperazine rings is 1. The largest absolute Gasteiger partial charge is 0.492 e. The van der Waals surface area contributed by atoms with Gasteiger partial charge in [0.2, 0.25) is 18.4 Å². The van der Waals surface area contributed by atoms with Gasteiger partial charge in [0, 0.05) is 52.4 Å². The number of methoxy groups -OCH3 is 1. The van der Waals surface area contributed by atoms with E-state index in [0.29, 0.717) is 33.8 Å². The van der Waals surface area contributed by atoms with Crippen molar-refractivity contribution in [3.05, 3.63) is 39.2 Å². The number of carbonyl (C=O) groups excluding carboxylic acids is 5. The van der Waals surface area contributed by atoms with Crippen molar-refractivity contribution in [1.29, 1.82) is 5.26 Å². The molecule has 13 nitrogen and oxygen atoms in total. The Morgan fingerprint density at radius 3 is 2.49 bits per heavy atom. The number of nitriles is 1. The lowest BCUT2D eigenvalue weighted by Gasteiger charge is -2.61. The predicted octanol–water partition coefficient (Wildman–Crippen LogP) is 1.62. The highest BCUT2D eigenvalue weighted by molar-refractivity contribution is 8.00. The lowest BCUT2D eigenvalue weighted by molar-refractivity contribution is -0.156. The minimum Gasteiger partial charge on any atom is -0.492 e. The maximum Gasteiger partial charge on any atom is 0.375 e. The van der Waals surface area contributed by atoms with Gasteiger partial charge in [-0.2, -0.15) is 5.26 Å². The van der Waals surface area contributed by atoms with Gasteiger partial charge in [0.15, 0.2) is 23.0 Å². The monoisotopic (exact) mass is 635 g/mol. The smallest absolute Gasteiger partial charge is 0.375 e. The minimum atomic E-state index is -1.000. The van der Waals surface area contributed by atoms with Gasteiger partial charge in [-0.05, 0) is 27.3 Å². The molecule has 0 saturated carbocycles. The Balaban J connectivity index is 1.55. The number of nitrogens with zero attached hydrogens (tertiary/aromatic N) is 3. The highest BCUT2D eigenvalue weighted by Crippen LogP contribution is 2.62. The van der Waals surface area contributed by atoms with E-state index in [2.05, 4.69) is 6.07 Å². The molecule has 0 N–H and O–H groups in total. The number of allylic oxidation sites excluding steroid dienone is 2. The summed E-state index contributed by atoms with van der Waals surface area (Å²) in [6.07, 6.45) is 0.142. The van der Waals surface area contributed by atoms with E-state index in [0.717, 1.165) is 11.8 Å². The van der Waals surface area contributed by atoms with Crippen LogP contribution < -0.4 is 14.2 Å². The molecule has 0 radical (unpaired) electrons. The topological polar surface area (TPSA) is 162 Å². The van der Waals surface area contributed by atoms with Crippen molar-refractivity contribution in [2.45, 2.75) is 62.7 Å². The number of carbonyl (C=O) groups is 5. The van der Waals surface area contributed by atoms with Gasteiger partial charge in [-0.1, -0.05) is 0 Å². The van der Waals surface area contributed by atoms with Gasteiger partial charge in [-0.3, -0.25) is 29.0 Å². The molecule has 5 heterocycles. The van der Waals surface area contributed by atoms with Crippen LogP contribution in [0.1, 0.15) is 48.3 Å². The minimum absolute atomic E-state index is 0.0402. The van der Waals surface area contributed by atoms with Gasteiger partial charge >= 0.3 is 11.9 Å². The Hall–Kier alpha value is -4.19. The first-order chi connectivity index (χ1) is 21.5. The number of hydrogen-bond acceptors (Lipinski definition) is 14. The van der Waals surface area contributed by atoms with Crippen molar-refractivity contribution in [3.63, 3.8) is 0 Å². The van der Waals surface area contributed by atoms with Gasteiger partial charge in [0.25, 0.3) is 0 Å². The Morgan fingerprint density at radius 2 is 1.80 bits per heavy atom. The molecule has 6 atom stereocenters. The first-order valence-electron chi connectivity index (χ1n) is 14.4. The molecule has 1 unspecified atom stereocenters. The number of fused-ring (bicyclic) bond motifs is 8. The van der Waals surface area contributed by atoms with Gasteiger partial charge in [0.05, 0.1) is 36.3 Å². The molecular weight excluding hydrogens is 606 g/mol. The molecule has 45 heavy (non-hydrogen) atoms. The summed E-state index contributed by atoms with van der Waals surface area (Å²) in [5.74, 6) is -2.44. The van der Waals surface area contributed by atoms with Crippen molar-refractivity contribution < 1.29 is 47.7 Å². The number of hydrogen-bond donors (Lipinski definition) is 0. The van der Waals surface area contributed by atoms with E-state index < -0.39 is 59.0 Å². The molecule has 14 heteroatoms. The fourth-order valence-corrected chi connectivity index (χ4v) is 9.24. The Kier molecular flexibility index (Phi) is 6.84. The Bertz CT molecular complexity index is 1740. The molecule has 0 aromatic heterocycles. The standard InChI is InChI=1S/C31H29N3O10S/c1-11-24(37)14-6-15-16(7-32)34-17-8-41-31(39)18(36)9-45-30(23(34)22(33(15)4)19(14)25(38)27(11)40-5)21-20(17)29-28(42-10-43-29)12(2)26(21)44-13(3)35/h15-17,22-23,30H,6,8-10H2,1-5H3/t15-,16+,17-,22-,23?,30-/m1/s1. The molecule has 1 aromatic rings. The zero-order valence-corrected chi connectivity index (χ0v) is 25.9. The van der Waals surface area contributed by atoms with Gasteiger partial charge in [0.1, 0.15) is 18.4 Å². The molecule has 6 aliphatic rings. The number of esters is 2. The number of benzene rings is 1. The number of Topliss-reactive ketones (excluding diaryl/α,β-unsaturated/α-hetero) is 3. The van der Waals surface area contributed by atoms with Gasteiger partial charge < -0.3 is 23.7 Å². The molecule has 234 valence electrons. The number of thioether (sulfide) groups is 1. The zero-order chi connectivity index (χ0) is 32.1. The van der Waals surface area contributed by atoms with E-state index in [-0.39, 0.29) is 54.0 Å². The van der Waals surface area contributed by atoms with Crippen LogP contribution in [0.2, 0.25) is 0 Å². The number of rotatable bonds is 2. The lowest BCUT2D eigenvalue weighted by Crippen LogP contribution is -2.73. The van der Waals surface area contributed by atoms with Crippen molar-refractivity contribution in [2.24, 2.45) is 0 Å². The Labute approximate surface area is 262 Å². The fraction of sp³-hybridized carbons (Fsp3) is 0.484. The Morgan fingerprint density at radius 1 is 1.07 bits per heavy atom. The van der Waals surface area contributed by atoms with Crippen LogP contribution in [0.25, 0.3) is 0 Å². The van der Waals surface area contributed by atoms with E-state index in [9.17, 15) is 29.2 Å². The van der Waals surface area contributed by atoms with Crippen LogP contribution in [-0.2, 0) is 33.4 Å². The van der Waals surface area contributed by atoms with Crippen LogP contribution in [0.15, 0.2) is 22.5 Å². The van der Waals surface area contributed by atoms with Crippen LogP contribution in [0.3, 0.4) is 0 Å². The molecule has 1 aromatic carbocycles. The average Bonchev–Trinajstić information content (AvgIpc) is 3.50. The summed E-state index contributed by atoms with van der Waals surface area (Å²) in [5.41, 5.74) is 2.37. The third-order valence-corrected chi connectivity index (χ3v) is 11.0. The second-order valence-corrected chi connectivity index (χ2v) is 12.9. The lowest BCUT2D eigenvalue weighted by atomic mass is 9.68. The first-order valence-corrected chi connectivity index (χ1v) is 15.5. The van der Waals surface area contributed by atoms with E-state index >= 15 is 0 Å². The average molecular weight is 636 g/mol. The molecule has 0 amide bonds. The maximum absolute atomic E-state index is 14.1. The molecule has 0 spiro atoms. The molecular formula is C31H29N3O10S. The summed E-state index contributed by atoms with van der Waals surface area (Å²) in [7, 11) is 3.16. The van der Waals surface area contributed by atoms with Crippen LogP contribution in [-0.4, -0.2) is 96.6 Å². The van der Waals surface area contributed by atoms with Crippen LogP contribution in [0.5, 0.6) is 17.2 Å². The normalized spacial score (nSPS) is 30.8. The number of ether oxygens (including phenoxy) is 5. The molecule has 1 aliphatic carbocycles.